The number of nitrogens with two attached hydrogens (primary N) is 1. The average Bonchev–Trinajstić information content (AvgIpc) is 2.47. The molecular formula is C16H16F2N2O. The van der Waals surface area contributed by atoms with Crippen LogP contribution in [0.25, 0.3) is 0 Å². The fourth-order valence-electron chi connectivity index (χ4n) is 1.95. The van der Waals surface area contributed by atoms with Crippen molar-refractivity contribution in [3.8, 4) is 0 Å². The molecule has 2 rings (SSSR count). The van der Waals surface area contributed by atoms with Crippen molar-refractivity contribution in [1.82, 2.24) is 5.32 Å². The summed E-state index contributed by atoms with van der Waals surface area (Å²) in [5, 5.41) is 2.67. The zero-order valence-electron chi connectivity index (χ0n) is 11.4. The second kappa shape index (κ2) is 6.83. The van der Waals surface area contributed by atoms with E-state index in [1.807, 2.05) is 18.2 Å². The van der Waals surface area contributed by atoms with Gasteiger partial charge in [-0.2, -0.15) is 0 Å². The number of para-hydroxylation sites is 1. The summed E-state index contributed by atoms with van der Waals surface area (Å²) in [5.41, 5.74) is 7.88. The summed E-state index contributed by atoms with van der Waals surface area (Å²) < 4.78 is 25.8. The number of carbonyl (C=O) groups excluding carboxylic acids is 1. The van der Waals surface area contributed by atoms with Crippen molar-refractivity contribution in [2.24, 2.45) is 0 Å². The molecule has 0 unspecified atom stereocenters. The average molecular weight is 290 g/mol. The molecule has 0 bridgehead atoms. The standard InChI is InChI=1S/C16H16F2N2O/c17-13-7-5-11(9-14(13)18)10-20-16(21)8-6-12-3-1-2-4-15(12)19/h1-5,7,9H,6,8,10,19H2,(H,20,21). The van der Waals surface area contributed by atoms with Crippen molar-refractivity contribution in [2.75, 3.05) is 5.73 Å². The van der Waals surface area contributed by atoms with Gasteiger partial charge in [0.1, 0.15) is 0 Å². The van der Waals surface area contributed by atoms with Crippen LogP contribution in [0.1, 0.15) is 17.5 Å². The number of aryl methyl sites for hydroxylation is 1. The smallest absolute Gasteiger partial charge is 0.220 e. The number of halogens is 2. The molecule has 21 heavy (non-hydrogen) atoms. The van der Waals surface area contributed by atoms with Crippen molar-refractivity contribution in [2.45, 2.75) is 19.4 Å². The minimum absolute atomic E-state index is 0.164. The highest BCUT2D eigenvalue weighted by Gasteiger charge is 2.06. The van der Waals surface area contributed by atoms with E-state index in [0.29, 0.717) is 17.7 Å². The summed E-state index contributed by atoms with van der Waals surface area (Å²) in [5.74, 6) is -1.98. The van der Waals surface area contributed by atoms with Gasteiger partial charge >= 0.3 is 0 Å². The number of amides is 1. The number of anilines is 1. The first-order valence-electron chi connectivity index (χ1n) is 6.60. The molecule has 0 aromatic heterocycles. The lowest BCUT2D eigenvalue weighted by Crippen LogP contribution is -2.23. The highest BCUT2D eigenvalue weighted by atomic mass is 19.2. The zero-order valence-corrected chi connectivity index (χ0v) is 11.4. The molecule has 0 spiro atoms. The molecule has 1 amide bonds. The molecule has 0 saturated heterocycles. The number of carbonyl (C=O) groups is 1. The summed E-state index contributed by atoms with van der Waals surface area (Å²) >= 11 is 0. The van der Waals surface area contributed by atoms with Crippen molar-refractivity contribution in [3.63, 3.8) is 0 Å². The minimum atomic E-state index is -0.918. The first-order chi connectivity index (χ1) is 10.1. The summed E-state index contributed by atoms with van der Waals surface area (Å²) in [6.45, 7) is 0.167. The monoisotopic (exact) mass is 290 g/mol. The van der Waals surface area contributed by atoms with Crippen LogP contribution in [0.5, 0.6) is 0 Å². The molecule has 2 aromatic carbocycles. The van der Waals surface area contributed by atoms with E-state index in [1.165, 1.54) is 6.07 Å². The molecule has 0 saturated carbocycles. The topological polar surface area (TPSA) is 55.1 Å². The molecule has 0 fully saturated rings. The minimum Gasteiger partial charge on any atom is -0.399 e. The molecule has 3 N–H and O–H groups in total. The van der Waals surface area contributed by atoms with Crippen LogP contribution in [0.4, 0.5) is 14.5 Å². The van der Waals surface area contributed by atoms with Gasteiger partial charge in [-0.15, -0.1) is 0 Å². The van der Waals surface area contributed by atoms with Gasteiger partial charge in [-0.05, 0) is 35.7 Å². The van der Waals surface area contributed by atoms with Crippen molar-refractivity contribution < 1.29 is 13.6 Å². The van der Waals surface area contributed by atoms with E-state index in [-0.39, 0.29) is 18.9 Å². The third-order valence-corrected chi connectivity index (χ3v) is 3.15. The summed E-state index contributed by atoms with van der Waals surface area (Å²) in [6.07, 6.45) is 0.828. The lowest BCUT2D eigenvalue weighted by molar-refractivity contribution is -0.121. The normalized spacial score (nSPS) is 10.4. The van der Waals surface area contributed by atoms with Crippen LogP contribution in [-0.2, 0) is 17.8 Å². The Labute approximate surface area is 121 Å². The van der Waals surface area contributed by atoms with Crippen LogP contribution >= 0.6 is 0 Å². The Kier molecular flexibility index (Phi) is 4.87. The van der Waals surface area contributed by atoms with E-state index in [2.05, 4.69) is 5.32 Å². The maximum atomic E-state index is 13.0. The van der Waals surface area contributed by atoms with Gasteiger partial charge < -0.3 is 11.1 Å². The van der Waals surface area contributed by atoms with Crippen LogP contribution in [0.3, 0.4) is 0 Å². The van der Waals surface area contributed by atoms with Crippen molar-refractivity contribution >= 4 is 11.6 Å². The fraction of sp³-hybridized carbons (Fsp3) is 0.188. The first-order valence-corrected chi connectivity index (χ1v) is 6.60. The number of hydrogen-bond acceptors (Lipinski definition) is 2. The van der Waals surface area contributed by atoms with Gasteiger partial charge in [0, 0.05) is 18.7 Å². The van der Waals surface area contributed by atoms with Gasteiger partial charge in [-0.25, -0.2) is 8.78 Å². The predicted octanol–water partition coefficient (Wildman–Crippen LogP) is 2.80. The second-order valence-electron chi connectivity index (χ2n) is 4.72. The summed E-state index contributed by atoms with van der Waals surface area (Å²) in [7, 11) is 0. The van der Waals surface area contributed by atoms with Crippen LogP contribution < -0.4 is 11.1 Å². The number of nitrogen functional groups attached to an aromatic ring is 1. The Morgan fingerprint density at radius 1 is 1.10 bits per heavy atom. The second-order valence-corrected chi connectivity index (χ2v) is 4.72. The van der Waals surface area contributed by atoms with Gasteiger partial charge in [0.2, 0.25) is 5.91 Å². The van der Waals surface area contributed by atoms with Crippen molar-refractivity contribution in [1.29, 1.82) is 0 Å². The molecule has 2 aromatic rings. The van der Waals surface area contributed by atoms with Gasteiger partial charge in [-0.1, -0.05) is 24.3 Å². The van der Waals surface area contributed by atoms with Crippen LogP contribution in [0, 0.1) is 11.6 Å². The molecule has 3 nitrogen and oxygen atoms in total. The van der Waals surface area contributed by atoms with E-state index in [1.54, 1.807) is 6.07 Å². The third-order valence-electron chi connectivity index (χ3n) is 3.15. The van der Waals surface area contributed by atoms with Crippen molar-refractivity contribution in [3.05, 3.63) is 65.2 Å². The first kappa shape index (κ1) is 15.0. The Hall–Kier alpha value is -2.43. The highest BCUT2D eigenvalue weighted by molar-refractivity contribution is 5.76. The van der Waals surface area contributed by atoms with E-state index in [4.69, 9.17) is 5.73 Å². The van der Waals surface area contributed by atoms with Gasteiger partial charge in [0.05, 0.1) is 0 Å². The van der Waals surface area contributed by atoms with Gasteiger partial charge in [0.15, 0.2) is 11.6 Å². The largest absolute Gasteiger partial charge is 0.399 e. The van der Waals surface area contributed by atoms with Crippen LogP contribution in [0.2, 0.25) is 0 Å². The Morgan fingerprint density at radius 2 is 1.86 bits per heavy atom. The number of rotatable bonds is 5. The Balaban J connectivity index is 1.82. The van der Waals surface area contributed by atoms with Crippen LogP contribution in [-0.4, -0.2) is 5.91 Å². The summed E-state index contributed by atoms with van der Waals surface area (Å²) in [4.78, 5) is 11.7. The summed E-state index contributed by atoms with van der Waals surface area (Å²) in [6, 6.07) is 10.9. The zero-order chi connectivity index (χ0) is 15.2. The number of benzene rings is 2. The van der Waals surface area contributed by atoms with E-state index < -0.39 is 11.6 Å². The maximum absolute atomic E-state index is 13.0. The molecule has 110 valence electrons. The van der Waals surface area contributed by atoms with E-state index in [0.717, 1.165) is 17.7 Å². The third kappa shape index (κ3) is 4.27. The van der Waals surface area contributed by atoms with E-state index in [9.17, 15) is 13.6 Å². The quantitative estimate of drug-likeness (QED) is 0.832. The Bertz CT molecular complexity index is 644. The lowest BCUT2D eigenvalue weighted by Gasteiger charge is -2.07. The molecule has 0 atom stereocenters. The van der Waals surface area contributed by atoms with Gasteiger partial charge in [-0.3, -0.25) is 4.79 Å². The highest BCUT2D eigenvalue weighted by Crippen LogP contribution is 2.13. The number of hydrogen-bond donors (Lipinski definition) is 2. The predicted molar refractivity (Wildman–Crippen MR) is 77.4 cm³/mol. The molecular weight excluding hydrogens is 274 g/mol. The molecule has 0 aliphatic carbocycles. The fourth-order valence-corrected chi connectivity index (χ4v) is 1.95. The van der Waals surface area contributed by atoms with Crippen LogP contribution in [0.15, 0.2) is 42.5 Å². The Morgan fingerprint density at radius 3 is 2.57 bits per heavy atom. The molecule has 0 heterocycles. The lowest BCUT2D eigenvalue weighted by atomic mass is 10.1. The number of nitrogens with one attached hydrogen (secondary N) is 1. The molecule has 5 heteroatoms. The molecule has 0 aliphatic rings. The van der Waals surface area contributed by atoms with Gasteiger partial charge in [0.25, 0.3) is 0 Å². The van der Waals surface area contributed by atoms with E-state index >= 15 is 0 Å². The SMILES string of the molecule is Nc1ccccc1CCC(=O)NCc1ccc(F)c(F)c1. The molecule has 0 aliphatic heterocycles. The maximum Gasteiger partial charge on any atom is 0.220 e. The molecule has 0 radical (unpaired) electrons.